The topological polar surface area (TPSA) is 35.9 Å². The number of para-hydroxylation sites is 1. The first-order valence-corrected chi connectivity index (χ1v) is 7.48. The summed E-state index contributed by atoms with van der Waals surface area (Å²) in [7, 11) is 1.80. The second kappa shape index (κ2) is 13.7. The lowest BCUT2D eigenvalue weighted by molar-refractivity contribution is 1.47. The highest BCUT2D eigenvalue weighted by Crippen LogP contribution is 2.15. The highest BCUT2D eigenvalue weighted by molar-refractivity contribution is 6.69. The van der Waals surface area contributed by atoms with E-state index >= 15 is 0 Å². The number of anilines is 1. The third kappa shape index (κ3) is 10.5. The van der Waals surface area contributed by atoms with E-state index in [0.717, 1.165) is 11.3 Å². The molecule has 0 amide bonds. The van der Waals surface area contributed by atoms with Crippen LogP contribution in [0.25, 0.3) is 0 Å². The predicted octanol–water partition coefficient (Wildman–Crippen LogP) is 5.40. The first-order chi connectivity index (χ1) is 10.8. The predicted molar refractivity (Wildman–Crippen MR) is 98.9 cm³/mol. The summed E-state index contributed by atoms with van der Waals surface area (Å²) in [6, 6.07) is 19.4. The molecular weight excluding hydrogens is 292 g/mol. The molecule has 0 unspecified atom stereocenters. The molecule has 116 valence electrons. The van der Waals surface area contributed by atoms with Crippen LogP contribution in [0.2, 0.25) is 0 Å². The monoisotopic (exact) mass is 314 g/mol. The minimum absolute atomic E-state index is 0.0648. The average Bonchev–Trinajstić information content (AvgIpc) is 3.48. The van der Waals surface area contributed by atoms with E-state index in [0.29, 0.717) is 0 Å². The van der Waals surface area contributed by atoms with Gasteiger partial charge in [0.15, 0.2) is 0 Å². The first-order valence-electron chi connectivity index (χ1n) is 7.10. The van der Waals surface area contributed by atoms with Crippen LogP contribution in [-0.4, -0.2) is 12.2 Å². The molecule has 22 heavy (non-hydrogen) atoms. The largest absolute Gasteiger partial charge is 0.388 e. The van der Waals surface area contributed by atoms with E-state index in [1.54, 1.807) is 13.1 Å². The van der Waals surface area contributed by atoms with Gasteiger partial charge < -0.3 is 5.32 Å². The van der Waals surface area contributed by atoms with Crippen LogP contribution in [0.5, 0.6) is 0 Å². The highest BCUT2D eigenvalue weighted by Gasteiger charge is 2.01. The smallest absolute Gasteiger partial charge is 0.130 e. The van der Waals surface area contributed by atoms with E-state index in [1.165, 1.54) is 19.3 Å². The molecule has 1 aliphatic rings. The molecule has 2 aromatic carbocycles. The fourth-order valence-corrected chi connectivity index (χ4v) is 1.44. The Morgan fingerprint density at radius 2 is 1.32 bits per heavy atom. The second-order valence-electron chi connectivity index (χ2n) is 4.32. The molecule has 0 spiro atoms. The average molecular weight is 315 g/mol. The zero-order chi connectivity index (χ0) is 16.6. The highest BCUT2D eigenvalue weighted by atomic mass is 35.5. The van der Waals surface area contributed by atoms with Crippen LogP contribution in [0.1, 0.15) is 24.8 Å². The van der Waals surface area contributed by atoms with E-state index in [-0.39, 0.29) is 5.17 Å². The van der Waals surface area contributed by atoms with E-state index in [4.69, 9.17) is 17.0 Å². The minimum atomic E-state index is 0.0648. The van der Waals surface area contributed by atoms with Crippen LogP contribution in [0.15, 0.2) is 60.7 Å². The third-order valence-corrected chi connectivity index (χ3v) is 2.66. The van der Waals surface area contributed by atoms with Gasteiger partial charge in [0.1, 0.15) is 5.17 Å². The minimum Gasteiger partial charge on any atom is -0.388 e. The zero-order valence-electron chi connectivity index (χ0n) is 12.9. The molecule has 0 saturated heterocycles. The fourth-order valence-electron chi connectivity index (χ4n) is 1.28. The van der Waals surface area contributed by atoms with Gasteiger partial charge in [-0.3, -0.25) is 5.41 Å². The Hall–Kier alpha value is -2.24. The van der Waals surface area contributed by atoms with Crippen LogP contribution >= 0.6 is 11.6 Å². The number of halogens is 1. The summed E-state index contributed by atoms with van der Waals surface area (Å²) in [5.41, 5.74) is 1.61. The molecule has 0 aromatic heterocycles. The van der Waals surface area contributed by atoms with Gasteiger partial charge in [-0.05, 0) is 12.1 Å². The Labute approximate surface area is 139 Å². The maximum absolute atomic E-state index is 7.20. The molecular formula is C19H23ClN2. The number of rotatable bonds is 2. The van der Waals surface area contributed by atoms with Crippen LogP contribution in [0, 0.1) is 18.3 Å². The van der Waals surface area contributed by atoms with Crippen molar-refractivity contribution in [3.8, 4) is 12.8 Å². The standard InChI is InChI=1S/C8H9ClN2.C6H6.C3H6.C2H2/c1-11-7-5-3-2-4-6(7)8(9)10;1-2-4-6-5-3-1;1-2-3-1;1-2/h2-5,10-11H,1H3;1-6H;1-3H2;1-2H. The molecule has 1 saturated carbocycles. The van der Waals surface area contributed by atoms with E-state index in [1.807, 2.05) is 54.6 Å². The van der Waals surface area contributed by atoms with Crippen molar-refractivity contribution in [2.45, 2.75) is 19.3 Å². The summed E-state index contributed by atoms with van der Waals surface area (Å²) in [4.78, 5) is 0. The van der Waals surface area contributed by atoms with Gasteiger partial charge in [-0.1, -0.05) is 79.4 Å². The second-order valence-corrected chi connectivity index (χ2v) is 4.70. The molecule has 1 fully saturated rings. The van der Waals surface area contributed by atoms with Crippen LogP contribution in [0.3, 0.4) is 0 Å². The van der Waals surface area contributed by atoms with Crippen LogP contribution < -0.4 is 5.32 Å². The first kappa shape index (κ1) is 19.8. The van der Waals surface area contributed by atoms with Gasteiger partial charge >= 0.3 is 0 Å². The molecule has 2 N–H and O–H groups in total. The van der Waals surface area contributed by atoms with Crippen LogP contribution in [-0.2, 0) is 0 Å². The summed E-state index contributed by atoms with van der Waals surface area (Å²) in [5, 5.41) is 10.2. The SMILES string of the molecule is C#C.C1CC1.CNc1ccccc1C(=N)Cl.c1ccccc1. The molecule has 3 heteroatoms. The number of benzene rings is 2. The van der Waals surface area contributed by atoms with Crippen molar-refractivity contribution in [1.82, 2.24) is 0 Å². The summed E-state index contributed by atoms with van der Waals surface area (Å²) >= 11 is 5.53. The lowest BCUT2D eigenvalue weighted by Crippen LogP contribution is -1.97. The van der Waals surface area contributed by atoms with Gasteiger partial charge in [0, 0.05) is 18.3 Å². The van der Waals surface area contributed by atoms with E-state index in [9.17, 15) is 0 Å². The van der Waals surface area contributed by atoms with Gasteiger partial charge in [-0.2, -0.15) is 0 Å². The van der Waals surface area contributed by atoms with Crippen molar-refractivity contribution in [2.24, 2.45) is 0 Å². The molecule has 0 heterocycles. The van der Waals surface area contributed by atoms with E-state index in [2.05, 4.69) is 18.2 Å². The number of hydrogen-bond acceptors (Lipinski definition) is 2. The molecule has 0 aliphatic heterocycles. The fraction of sp³-hybridized carbons (Fsp3) is 0.211. The Balaban J connectivity index is 0.000000332. The van der Waals surface area contributed by atoms with Crippen molar-refractivity contribution in [3.05, 3.63) is 66.2 Å². The third-order valence-electron chi connectivity index (χ3n) is 2.45. The van der Waals surface area contributed by atoms with Gasteiger partial charge in [0.05, 0.1) is 0 Å². The Kier molecular flexibility index (Phi) is 12.3. The van der Waals surface area contributed by atoms with Crippen molar-refractivity contribution in [2.75, 3.05) is 12.4 Å². The lowest BCUT2D eigenvalue weighted by Gasteiger charge is -2.04. The normalized spacial score (nSPS) is 10.2. The van der Waals surface area contributed by atoms with Gasteiger partial charge in [-0.25, -0.2) is 0 Å². The number of terminal acetylenes is 1. The Morgan fingerprint density at radius 3 is 1.59 bits per heavy atom. The lowest BCUT2D eigenvalue weighted by atomic mass is 10.2. The molecule has 3 rings (SSSR count). The van der Waals surface area contributed by atoms with Crippen molar-refractivity contribution in [3.63, 3.8) is 0 Å². The Morgan fingerprint density at radius 1 is 0.909 bits per heavy atom. The quantitative estimate of drug-likeness (QED) is 0.565. The summed E-state index contributed by atoms with van der Waals surface area (Å²) in [5.74, 6) is 0. The summed E-state index contributed by atoms with van der Waals surface area (Å²) in [6.45, 7) is 0. The van der Waals surface area contributed by atoms with E-state index < -0.39 is 0 Å². The van der Waals surface area contributed by atoms with Crippen molar-refractivity contribution >= 4 is 22.5 Å². The van der Waals surface area contributed by atoms with Gasteiger partial charge in [-0.15, -0.1) is 12.8 Å². The Bertz CT molecular complexity index is 504. The number of hydrogen-bond donors (Lipinski definition) is 2. The molecule has 0 atom stereocenters. The van der Waals surface area contributed by atoms with Crippen molar-refractivity contribution < 1.29 is 0 Å². The maximum atomic E-state index is 7.20. The van der Waals surface area contributed by atoms with Crippen LogP contribution in [0.4, 0.5) is 5.69 Å². The molecule has 2 nitrogen and oxygen atoms in total. The van der Waals surface area contributed by atoms with Crippen molar-refractivity contribution in [1.29, 1.82) is 5.41 Å². The molecule has 0 bridgehead atoms. The maximum Gasteiger partial charge on any atom is 0.130 e. The zero-order valence-corrected chi connectivity index (χ0v) is 13.7. The molecule has 1 aliphatic carbocycles. The molecule has 0 radical (unpaired) electrons. The number of nitrogens with one attached hydrogen (secondary N) is 2. The summed E-state index contributed by atoms with van der Waals surface area (Å²) in [6.07, 6.45) is 12.5. The summed E-state index contributed by atoms with van der Waals surface area (Å²) < 4.78 is 0. The van der Waals surface area contributed by atoms with Gasteiger partial charge in [0.2, 0.25) is 0 Å². The molecule has 2 aromatic rings. The van der Waals surface area contributed by atoms with Gasteiger partial charge in [0.25, 0.3) is 0 Å².